The molecule has 1 atom stereocenters. The average molecular weight is 515 g/mol. The lowest BCUT2D eigenvalue weighted by Crippen LogP contribution is -2.47. The zero-order valence-corrected chi connectivity index (χ0v) is 25.3. The predicted molar refractivity (Wildman–Crippen MR) is 148 cm³/mol. The quantitative estimate of drug-likeness (QED) is 0.214. The van der Waals surface area contributed by atoms with Crippen LogP contribution in [0.5, 0.6) is 0 Å². The fourth-order valence-electron chi connectivity index (χ4n) is 4.84. The molecule has 0 aromatic rings. The second-order valence-corrected chi connectivity index (χ2v) is 13.5. The van der Waals surface area contributed by atoms with E-state index in [1.807, 2.05) is 0 Å². The molecule has 0 radical (unpaired) electrons. The Balaban J connectivity index is 3.97. The molecule has 0 aromatic carbocycles. The molecule has 2 N–H and O–H groups in total. The van der Waals surface area contributed by atoms with Crippen LogP contribution in [0.4, 0.5) is 0 Å². The molecular weight excluding hydrogens is 456 g/mol. The molecule has 0 aromatic heterocycles. The Kier molecular flexibility index (Phi) is 16.1. The van der Waals surface area contributed by atoms with Gasteiger partial charge in [-0.1, -0.05) is 48.5 Å². The zero-order valence-electron chi connectivity index (χ0n) is 25.3. The van der Waals surface area contributed by atoms with E-state index < -0.39 is 0 Å². The number of amides is 2. The number of hydrogen-bond donors (Lipinski definition) is 2. The Labute approximate surface area is 222 Å². The molecule has 1 unspecified atom stereocenters. The van der Waals surface area contributed by atoms with Crippen LogP contribution in [0.3, 0.4) is 0 Å². The lowest BCUT2D eigenvalue weighted by Gasteiger charge is -2.35. The van der Waals surface area contributed by atoms with Gasteiger partial charge in [0.15, 0.2) is 0 Å². The first-order chi connectivity index (χ1) is 16.4. The summed E-state index contributed by atoms with van der Waals surface area (Å²) in [5.41, 5.74) is -0.583. The van der Waals surface area contributed by atoms with E-state index in [4.69, 9.17) is 14.2 Å². The van der Waals surface area contributed by atoms with Crippen LogP contribution in [0.25, 0.3) is 0 Å². The third kappa shape index (κ3) is 19.9. The largest absolute Gasteiger partial charge is 0.379 e. The maximum Gasteiger partial charge on any atom is 0.220 e. The maximum absolute atomic E-state index is 12.1. The highest BCUT2D eigenvalue weighted by molar-refractivity contribution is 5.77. The number of carbonyl (C=O) groups excluding carboxylic acids is 2. The third-order valence-corrected chi connectivity index (χ3v) is 5.56. The molecule has 2 amide bonds. The molecule has 0 aliphatic rings. The fourth-order valence-corrected chi connectivity index (χ4v) is 4.84. The van der Waals surface area contributed by atoms with Crippen LogP contribution in [0.1, 0.15) is 102 Å². The van der Waals surface area contributed by atoms with Gasteiger partial charge in [-0.15, -0.1) is 0 Å². The van der Waals surface area contributed by atoms with E-state index in [-0.39, 0.29) is 28.3 Å². The van der Waals surface area contributed by atoms with Gasteiger partial charge in [0.25, 0.3) is 0 Å². The minimum Gasteiger partial charge on any atom is -0.379 e. The van der Waals surface area contributed by atoms with Crippen LogP contribution < -0.4 is 10.6 Å². The molecule has 0 aliphatic heterocycles. The number of nitrogens with one attached hydrogen (secondary N) is 2. The molecule has 7 nitrogen and oxygen atoms in total. The lowest BCUT2D eigenvalue weighted by molar-refractivity contribution is -0.124. The summed E-state index contributed by atoms with van der Waals surface area (Å²) >= 11 is 0. The van der Waals surface area contributed by atoms with Crippen molar-refractivity contribution in [3.63, 3.8) is 0 Å². The van der Waals surface area contributed by atoms with E-state index in [1.165, 1.54) is 0 Å². The first-order valence-electron chi connectivity index (χ1n) is 13.8. The number of rotatable bonds is 20. The summed E-state index contributed by atoms with van der Waals surface area (Å²) in [6, 6.07) is 0. The van der Waals surface area contributed by atoms with E-state index in [1.54, 1.807) is 0 Å². The molecule has 7 heteroatoms. The average Bonchev–Trinajstić information content (AvgIpc) is 2.62. The van der Waals surface area contributed by atoms with Crippen molar-refractivity contribution in [2.24, 2.45) is 23.2 Å². The van der Waals surface area contributed by atoms with Crippen molar-refractivity contribution in [2.45, 2.75) is 113 Å². The summed E-state index contributed by atoms with van der Waals surface area (Å²) in [5, 5.41) is 6.29. The molecule has 0 saturated carbocycles. The van der Waals surface area contributed by atoms with Crippen LogP contribution in [-0.4, -0.2) is 62.5 Å². The Morgan fingerprint density at radius 1 is 0.667 bits per heavy atom. The molecule has 0 aliphatic carbocycles. The summed E-state index contributed by atoms with van der Waals surface area (Å²) in [5.74, 6) is 1.27. The summed E-state index contributed by atoms with van der Waals surface area (Å²) in [4.78, 5) is 24.2. The van der Waals surface area contributed by atoms with Gasteiger partial charge in [0.05, 0.1) is 33.0 Å². The van der Waals surface area contributed by atoms with E-state index in [2.05, 4.69) is 86.8 Å². The van der Waals surface area contributed by atoms with E-state index in [0.29, 0.717) is 70.2 Å². The first kappa shape index (κ1) is 34.8. The fraction of sp³-hybridized carbons (Fsp3) is 0.931. The van der Waals surface area contributed by atoms with Crippen LogP contribution in [0.15, 0.2) is 0 Å². The van der Waals surface area contributed by atoms with E-state index >= 15 is 0 Å². The van der Waals surface area contributed by atoms with Crippen LogP contribution in [0, 0.1) is 23.2 Å². The highest BCUT2D eigenvalue weighted by Crippen LogP contribution is 2.28. The van der Waals surface area contributed by atoms with Crippen molar-refractivity contribution >= 4 is 11.8 Å². The highest BCUT2D eigenvalue weighted by Gasteiger charge is 2.30. The molecule has 0 spiro atoms. The molecule has 214 valence electrons. The van der Waals surface area contributed by atoms with Gasteiger partial charge in [0.2, 0.25) is 11.8 Å². The van der Waals surface area contributed by atoms with Gasteiger partial charge in [-0.3, -0.25) is 9.59 Å². The Morgan fingerprint density at radius 2 is 1.11 bits per heavy atom. The minimum absolute atomic E-state index is 0.0596. The van der Waals surface area contributed by atoms with Crippen molar-refractivity contribution in [2.75, 3.05) is 39.6 Å². The van der Waals surface area contributed by atoms with Gasteiger partial charge in [-0.05, 0) is 63.7 Å². The Bertz CT molecular complexity index is 629. The maximum atomic E-state index is 12.1. The number of ether oxygens (including phenoxy) is 3. The van der Waals surface area contributed by atoms with Gasteiger partial charge < -0.3 is 24.8 Å². The predicted octanol–water partition coefficient (Wildman–Crippen LogP) is 5.36. The van der Waals surface area contributed by atoms with Gasteiger partial charge in [-0.2, -0.15) is 0 Å². The standard InChI is InChI=1S/C29H58N2O5/c1-22(2)16-25(32)30-28(8,9)18-24(5)19-35-14-12-34-13-15-36-21-27(6,7)20-29(10,11)31-26(33)17-23(3)4/h22-24H,12-21H2,1-11H3,(H,30,32)(H,31,33). The molecule has 0 saturated heterocycles. The summed E-state index contributed by atoms with van der Waals surface area (Å²) < 4.78 is 17.3. The number of carbonyl (C=O) groups is 2. The van der Waals surface area contributed by atoms with E-state index in [9.17, 15) is 9.59 Å². The zero-order chi connectivity index (χ0) is 28.0. The van der Waals surface area contributed by atoms with Gasteiger partial charge in [0.1, 0.15) is 0 Å². The molecule has 0 fully saturated rings. The van der Waals surface area contributed by atoms with Gasteiger partial charge in [-0.25, -0.2) is 0 Å². The second kappa shape index (κ2) is 16.6. The van der Waals surface area contributed by atoms with Gasteiger partial charge in [0, 0.05) is 30.5 Å². The molecule has 36 heavy (non-hydrogen) atoms. The number of hydrogen-bond acceptors (Lipinski definition) is 5. The Hall–Kier alpha value is -1.18. The minimum atomic E-state index is -0.279. The third-order valence-electron chi connectivity index (χ3n) is 5.56. The summed E-state index contributed by atoms with van der Waals surface area (Å²) in [6.45, 7) is 26.3. The highest BCUT2D eigenvalue weighted by atomic mass is 16.5. The molecule has 0 rings (SSSR count). The molecule has 0 heterocycles. The van der Waals surface area contributed by atoms with Crippen LogP contribution in [0.2, 0.25) is 0 Å². The second-order valence-electron chi connectivity index (χ2n) is 13.5. The van der Waals surface area contributed by atoms with Crippen LogP contribution in [-0.2, 0) is 23.8 Å². The van der Waals surface area contributed by atoms with Crippen LogP contribution >= 0.6 is 0 Å². The monoisotopic (exact) mass is 514 g/mol. The summed E-state index contributed by atoms with van der Waals surface area (Å²) in [7, 11) is 0. The molecular formula is C29H58N2O5. The van der Waals surface area contributed by atoms with Gasteiger partial charge >= 0.3 is 0 Å². The van der Waals surface area contributed by atoms with Crippen molar-refractivity contribution < 1.29 is 23.8 Å². The smallest absolute Gasteiger partial charge is 0.220 e. The normalized spacial score (nSPS) is 13.8. The molecule has 0 bridgehead atoms. The lowest BCUT2D eigenvalue weighted by atomic mass is 9.80. The van der Waals surface area contributed by atoms with Crippen molar-refractivity contribution in [1.29, 1.82) is 0 Å². The van der Waals surface area contributed by atoms with Crippen molar-refractivity contribution in [3.8, 4) is 0 Å². The van der Waals surface area contributed by atoms with Crippen molar-refractivity contribution in [1.82, 2.24) is 10.6 Å². The first-order valence-corrected chi connectivity index (χ1v) is 13.8. The van der Waals surface area contributed by atoms with Crippen molar-refractivity contribution in [3.05, 3.63) is 0 Å². The SMILES string of the molecule is CC(C)CC(=O)NC(C)(C)CC(C)COCCOCCOCC(C)(C)CC(C)(C)NC(=O)CC(C)C. The van der Waals surface area contributed by atoms with E-state index in [0.717, 1.165) is 12.8 Å². The summed E-state index contributed by atoms with van der Waals surface area (Å²) in [6.07, 6.45) is 2.80. The topological polar surface area (TPSA) is 85.9 Å². The Morgan fingerprint density at radius 3 is 1.61 bits per heavy atom.